The Kier molecular flexibility index (Phi) is 4.54. The molecule has 0 bridgehead atoms. The van der Waals surface area contributed by atoms with Crippen molar-refractivity contribution < 1.29 is 14.6 Å². The maximum atomic E-state index is 12.6. The molecule has 0 aliphatic carbocycles. The largest absolute Gasteiger partial charge is 0.493 e. The monoisotopic (exact) mass is 352 g/mol. The van der Waals surface area contributed by atoms with Crippen molar-refractivity contribution in [2.24, 2.45) is 10.2 Å². The van der Waals surface area contributed by atoms with E-state index in [1.54, 1.807) is 18.2 Å². The molecule has 1 N–H and O–H groups in total. The second-order valence-corrected chi connectivity index (χ2v) is 5.86. The lowest BCUT2D eigenvalue weighted by Crippen LogP contribution is -2.21. The van der Waals surface area contributed by atoms with Gasteiger partial charge >= 0.3 is 5.97 Å². The van der Waals surface area contributed by atoms with Crippen LogP contribution < -0.4 is 5.56 Å². The van der Waals surface area contributed by atoms with E-state index in [1.807, 2.05) is 13.0 Å². The number of cyclic esters (lactones) is 1. The predicted molar refractivity (Wildman–Crippen MR) is 91.8 cm³/mol. The maximum Gasteiger partial charge on any atom is 0.338 e. The number of aromatic nitrogens is 1. The molecule has 0 unspecified atom stereocenters. The van der Waals surface area contributed by atoms with Gasteiger partial charge in [-0.1, -0.05) is 13.0 Å². The second-order valence-electron chi connectivity index (χ2n) is 5.86. The van der Waals surface area contributed by atoms with Crippen LogP contribution in [0.5, 0.6) is 5.88 Å². The van der Waals surface area contributed by atoms with Crippen LogP contribution in [0.2, 0.25) is 0 Å². The Balaban J connectivity index is 2.08. The van der Waals surface area contributed by atoms with Gasteiger partial charge in [-0.05, 0) is 25.5 Å². The van der Waals surface area contributed by atoms with Crippen molar-refractivity contribution in [2.75, 3.05) is 0 Å². The SMILES string of the molecule is CCCn1c(O)c(C#N)c(C)c(N=Nc2ccc3c(c2)C(=O)OC3)c1=O. The van der Waals surface area contributed by atoms with Crippen LogP contribution in [0.4, 0.5) is 11.4 Å². The summed E-state index contributed by atoms with van der Waals surface area (Å²) in [6.07, 6.45) is 0.602. The predicted octanol–water partition coefficient (Wildman–Crippen LogP) is 3.23. The summed E-state index contributed by atoms with van der Waals surface area (Å²) in [6, 6.07) is 6.82. The number of hydrogen-bond acceptors (Lipinski definition) is 7. The van der Waals surface area contributed by atoms with E-state index >= 15 is 0 Å². The van der Waals surface area contributed by atoms with Crippen LogP contribution in [-0.4, -0.2) is 15.6 Å². The van der Waals surface area contributed by atoms with Gasteiger partial charge in [0, 0.05) is 17.7 Å². The zero-order chi connectivity index (χ0) is 18.8. The summed E-state index contributed by atoms with van der Waals surface area (Å²) in [7, 11) is 0. The van der Waals surface area contributed by atoms with Gasteiger partial charge < -0.3 is 9.84 Å². The molecule has 1 aliphatic rings. The van der Waals surface area contributed by atoms with Crippen molar-refractivity contribution in [3.05, 3.63) is 50.8 Å². The lowest BCUT2D eigenvalue weighted by Gasteiger charge is -2.11. The van der Waals surface area contributed by atoms with E-state index in [2.05, 4.69) is 10.2 Å². The Morgan fingerprint density at radius 2 is 2.12 bits per heavy atom. The number of hydrogen-bond donors (Lipinski definition) is 1. The molecule has 0 atom stereocenters. The summed E-state index contributed by atoms with van der Waals surface area (Å²) in [5.41, 5.74) is 1.28. The highest BCUT2D eigenvalue weighted by molar-refractivity contribution is 5.94. The molecule has 2 aromatic rings. The van der Waals surface area contributed by atoms with Crippen molar-refractivity contribution in [3.63, 3.8) is 0 Å². The first kappa shape index (κ1) is 17.4. The van der Waals surface area contributed by atoms with Gasteiger partial charge in [0.05, 0.1) is 11.3 Å². The quantitative estimate of drug-likeness (QED) is 0.669. The van der Waals surface area contributed by atoms with Crippen molar-refractivity contribution in [3.8, 4) is 11.9 Å². The van der Waals surface area contributed by atoms with Gasteiger partial charge in [0.15, 0.2) is 5.69 Å². The summed E-state index contributed by atoms with van der Waals surface area (Å²) in [5, 5.41) is 27.4. The van der Waals surface area contributed by atoms with E-state index in [9.17, 15) is 20.0 Å². The zero-order valence-electron chi connectivity index (χ0n) is 14.3. The fraction of sp³-hybridized carbons (Fsp3) is 0.278. The van der Waals surface area contributed by atoms with E-state index in [-0.39, 0.29) is 35.8 Å². The van der Waals surface area contributed by atoms with Crippen LogP contribution in [0.1, 0.15) is 40.4 Å². The molecule has 1 aromatic heterocycles. The van der Waals surface area contributed by atoms with Gasteiger partial charge in [-0.25, -0.2) is 4.79 Å². The Bertz CT molecular complexity index is 1030. The van der Waals surface area contributed by atoms with Gasteiger partial charge in [0.25, 0.3) is 5.56 Å². The molecule has 0 saturated carbocycles. The molecule has 1 aliphatic heterocycles. The molecule has 0 saturated heterocycles. The average molecular weight is 352 g/mol. The maximum absolute atomic E-state index is 12.6. The number of carbonyl (C=O) groups is 1. The first-order valence-corrected chi connectivity index (χ1v) is 8.06. The number of pyridine rings is 1. The lowest BCUT2D eigenvalue weighted by molar-refractivity contribution is 0.0535. The summed E-state index contributed by atoms with van der Waals surface area (Å²) < 4.78 is 6.05. The van der Waals surface area contributed by atoms with E-state index in [4.69, 9.17) is 4.74 Å². The van der Waals surface area contributed by atoms with E-state index in [0.29, 0.717) is 17.7 Å². The minimum atomic E-state index is -0.523. The molecule has 0 radical (unpaired) electrons. The summed E-state index contributed by atoms with van der Waals surface area (Å²) in [6.45, 7) is 3.87. The first-order valence-electron chi connectivity index (χ1n) is 8.06. The molecule has 8 heteroatoms. The van der Waals surface area contributed by atoms with E-state index < -0.39 is 11.5 Å². The normalized spacial score (nSPS) is 12.9. The number of benzene rings is 1. The summed E-state index contributed by atoms with van der Waals surface area (Å²) in [5.74, 6) is -0.786. The molecule has 8 nitrogen and oxygen atoms in total. The van der Waals surface area contributed by atoms with Gasteiger partial charge in [-0.3, -0.25) is 9.36 Å². The van der Waals surface area contributed by atoms with Crippen molar-refractivity contribution in [2.45, 2.75) is 33.4 Å². The van der Waals surface area contributed by atoms with Crippen molar-refractivity contribution >= 4 is 17.3 Å². The molecule has 1 aromatic carbocycles. The Morgan fingerprint density at radius 1 is 1.35 bits per heavy atom. The highest BCUT2D eigenvalue weighted by atomic mass is 16.5. The third kappa shape index (κ3) is 2.84. The van der Waals surface area contributed by atoms with E-state index in [1.165, 1.54) is 6.92 Å². The fourth-order valence-electron chi connectivity index (χ4n) is 2.76. The minimum Gasteiger partial charge on any atom is -0.493 e. The molecule has 2 heterocycles. The van der Waals surface area contributed by atoms with Crippen LogP contribution in [0.25, 0.3) is 0 Å². The Hall–Kier alpha value is -3.47. The van der Waals surface area contributed by atoms with Gasteiger partial charge in [0.2, 0.25) is 5.88 Å². The average Bonchev–Trinajstić information content (AvgIpc) is 3.00. The molecule has 132 valence electrons. The molecule has 3 rings (SSSR count). The fourth-order valence-corrected chi connectivity index (χ4v) is 2.76. The number of nitrogens with zero attached hydrogens (tertiary/aromatic N) is 4. The van der Waals surface area contributed by atoms with Crippen molar-refractivity contribution in [1.29, 1.82) is 5.26 Å². The smallest absolute Gasteiger partial charge is 0.338 e. The molecule has 26 heavy (non-hydrogen) atoms. The number of fused-ring (bicyclic) bond motifs is 1. The Morgan fingerprint density at radius 3 is 2.81 bits per heavy atom. The minimum absolute atomic E-state index is 0.00969. The second kappa shape index (κ2) is 6.80. The van der Waals surface area contributed by atoms with E-state index in [0.717, 1.165) is 10.1 Å². The molecule has 0 fully saturated rings. The topological polar surface area (TPSA) is 117 Å². The lowest BCUT2D eigenvalue weighted by atomic mass is 10.1. The van der Waals surface area contributed by atoms with Gasteiger partial charge in [0.1, 0.15) is 18.2 Å². The first-order chi connectivity index (χ1) is 12.5. The third-order valence-electron chi connectivity index (χ3n) is 4.15. The third-order valence-corrected chi connectivity index (χ3v) is 4.15. The number of rotatable bonds is 4. The van der Waals surface area contributed by atoms with Gasteiger partial charge in [-0.2, -0.15) is 10.4 Å². The number of ether oxygens (including phenoxy) is 1. The number of esters is 1. The number of nitriles is 1. The van der Waals surface area contributed by atoms with Crippen LogP contribution in [-0.2, 0) is 17.9 Å². The van der Waals surface area contributed by atoms with Crippen molar-refractivity contribution in [1.82, 2.24) is 4.57 Å². The summed E-state index contributed by atoms with van der Waals surface area (Å²) in [4.78, 5) is 24.2. The molecular weight excluding hydrogens is 336 g/mol. The molecule has 0 amide bonds. The Labute approximate surface area is 149 Å². The van der Waals surface area contributed by atoms with Gasteiger partial charge in [-0.15, -0.1) is 5.11 Å². The molecule has 0 spiro atoms. The number of azo groups is 1. The van der Waals surface area contributed by atoms with Crippen LogP contribution in [0, 0.1) is 18.3 Å². The summed E-state index contributed by atoms with van der Waals surface area (Å²) >= 11 is 0. The highest BCUT2D eigenvalue weighted by Gasteiger charge is 2.21. The number of carbonyl (C=O) groups excluding carboxylic acids is 1. The van der Waals surface area contributed by atoms with Crippen LogP contribution in [0.3, 0.4) is 0 Å². The van der Waals surface area contributed by atoms with Crippen LogP contribution >= 0.6 is 0 Å². The highest BCUT2D eigenvalue weighted by Crippen LogP contribution is 2.29. The number of aromatic hydroxyl groups is 1. The molecular formula is C18H16N4O4. The standard InChI is InChI=1S/C18H16N4O4/c1-3-6-22-16(23)14(8-19)10(2)15(17(22)24)21-20-12-5-4-11-9-26-18(25)13(11)7-12/h4-5,7,23H,3,6,9H2,1-2H3. The zero-order valence-corrected chi connectivity index (χ0v) is 14.3. The van der Waals surface area contributed by atoms with Crippen LogP contribution in [0.15, 0.2) is 33.2 Å².